The number of hydrogen-bond donors (Lipinski definition) is 1. The van der Waals surface area contributed by atoms with Crippen LogP contribution in [0.15, 0.2) is 29.2 Å². The van der Waals surface area contributed by atoms with Crippen molar-refractivity contribution in [3.05, 3.63) is 29.8 Å². The molecule has 1 aromatic rings. The van der Waals surface area contributed by atoms with E-state index < -0.39 is 18.4 Å². The van der Waals surface area contributed by atoms with Crippen molar-refractivity contribution in [1.82, 2.24) is 0 Å². The molecule has 0 amide bonds. The molecule has 3 rings (SSSR count). The van der Waals surface area contributed by atoms with Crippen molar-refractivity contribution in [3.63, 3.8) is 0 Å². The molecule has 5 nitrogen and oxygen atoms in total. The number of hydrogen-bond acceptors (Lipinski definition) is 5. The van der Waals surface area contributed by atoms with Gasteiger partial charge in [0.2, 0.25) is 0 Å². The van der Waals surface area contributed by atoms with E-state index in [1.165, 1.54) is 0 Å². The van der Waals surface area contributed by atoms with Gasteiger partial charge < -0.3 is 9.53 Å². The first-order valence-corrected chi connectivity index (χ1v) is 19.5. The number of fused-ring (bicyclic) bond motifs is 1. The first-order valence-electron chi connectivity index (χ1n) is 15.6. The highest BCUT2D eigenvalue weighted by Crippen LogP contribution is 2.59. The Labute approximate surface area is 240 Å². The first kappa shape index (κ1) is 32.8. The van der Waals surface area contributed by atoms with Gasteiger partial charge in [-0.25, -0.2) is 0 Å². The standard InChI is InChI=1S/C32H56O5SSi/c1-9-39(10-2,11-3)37-31(6,7)22-20-26(23-36-38(34,35)27-16-14-24(4)15-17-27)25(5)28-18-19-29-30(33)13-12-21-32(28,29)8/h14-17,25-26,28-30,33H,9-13,18-23H2,1-8H3/t25-,26-,28-,29+,30+,32-/m1/s1. The molecule has 2 saturated carbocycles. The van der Waals surface area contributed by atoms with E-state index in [1.54, 1.807) is 12.1 Å². The van der Waals surface area contributed by atoms with Gasteiger partial charge in [-0.2, -0.15) is 8.42 Å². The van der Waals surface area contributed by atoms with E-state index in [0.29, 0.717) is 17.8 Å². The van der Waals surface area contributed by atoms with Crippen LogP contribution in [0, 0.1) is 36.0 Å². The van der Waals surface area contributed by atoms with Gasteiger partial charge in [-0.3, -0.25) is 4.18 Å². The molecule has 7 heteroatoms. The maximum absolute atomic E-state index is 13.2. The van der Waals surface area contributed by atoms with Crippen molar-refractivity contribution in [1.29, 1.82) is 0 Å². The van der Waals surface area contributed by atoms with Crippen molar-refractivity contribution in [3.8, 4) is 0 Å². The third-order valence-corrected chi connectivity index (χ3v) is 17.0. The monoisotopic (exact) mass is 580 g/mol. The number of aryl methyl sites for hydroxylation is 1. The van der Waals surface area contributed by atoms with Crippen LogP contribution in [0.2, 0.25) is 18.1 Å². The van der Waals surface area contributed by atoms with E-state index in [0.717, 1.165) is 68.6 Å². The third kappa shape index (κ3) is 7.57. The highest BCUT2D eigenvalue weighted by atomic mass is 32.2. The summed E-state index contributed by atoms with van der Waals surface area (Å²) in [5.74, 6) is 1.18. The molecule has 0 saturated heterocycles. The van der Waals surface area contributed by atoms with E-state index in [4.69, 9.17) is 8.61 Å². The predicted molar refractivity (Wildman–Crippen MR) is 163 cm³/mol. The quantitative estimate of drug-likeness (QED) is 0.178. The summed E-state index contributed by atoms with van der Waals surface area (Å²) in [6.45, 7) is 18.0. The van der Waals surface area contributed by atoms with Gasteiger partial charge in [0.1, 0.15) is 0 Å². The molecule has 0 spiro atoms. The van der Waals surface area contributed by atoms with E-state index in [1.807, 2.05) is 19.1 Å². The third-order valence-electron chi connectivity index (χ3n) is 10.8. The fourth-order valence-electron chi connectivity index (χ4n) is 7.97. The molecular weight excluding hydrogens is 525 g/mol. The molecule has 39 heavy (non-hydrogen) atoms. The average Bonchev–Trinajstić information content (AvgIpc) is 3.25. The Balaban J connectivity index is 1.81. The van der Waals surface area contributed by atoms with Gasteiger partial charge in [-0.1, -0.05) is 58.7 Å². The molecule has 1 N–H and O–H groups in total. The Kier molecular flexibility index (Phi) is 11.0. The molecule has 1 aromatic carbocycles. The topological polar surface area (TPSA) is 72.8 Å². The first-order chi connectivity index (χ1) is 18.2. The van der Waals surface area contributed by atoms with Crippen molar-refractivity contribution in [2.45, 2.75) is 135 Å². The molecule has 2 fully saturated rings. The average molecular weight is 581 g/mol. The van der Waals surface area contributed by atoms with Crippen molar-refractivity contribution in [2.24, 2.45) is 29.1 Å². The van der Waals surface area contributed by atoms with Crippen LogP contribution in [0.3, 0.4) is 0 Å². The highest BCUT2D eigenvalue weighted by molar-refractivity contribution is 7.86. The molecule has 2 aliphatic carbocycles. The maximum atomic E-state index is 13.2. The molecule has 6 atom stereocenters. The Bertz CT molecular complexity index is 1010. The van der Waals surface area contributed by atoms with Gasteiger partial charge in [-0.15, -0.1) is 0 Å². The fourth-order valence-corrected chi connectivity index (χ4v) is 12.1. The normalized spacial score (nSPS) is 27.8. The maximum Gasteiger partial charge on any atom is 0.296 e. The van der Waals surface area contributed by atoms with Gasteiger partial charge in [0.15, 0.2) is 8.32 Å². The number of aliphatic hydroxyl groups is 1. The van der Waals surface area contributed by atoms with Gasteiger partial charge in [0.05, 0.1) is 23.2 Å². The zero-order valence-electron chi connectivity index (χ0n) is 26.0. The summed E-state index contributed by atoms with van der Waals surface area (Å²) in [5.41, 5.74) is 0.865. The second kappa shape index (κ2) is 13.1. The Morgan fingerprint density at radius 3 is 2.28 bits per heavy atom. The highest BCUT2D eigenvalue weighted by Gasteiger charge is 2.53. The van der Waals surface area contributed by atoms with E-state index in [-0.39, 0.29) is 34.5 Å². The van der Waals surface area contributed by atoms with Crippen molar-refractivity contribution < 1.29 is 22.1 Å². The molecule has 0 heterocycles. The smallest absolute Gasteiger partial charge is 0.296 e. The number of rotatable bonds is 14. The molecule has 0 aliphatic heterocycles. The second-order valence-electron chi connectivity index (χ2n) is 13.6. The van der Waals surface area contributed by atoms with Gasteiger partial charge in [0, 0.05) is 0 Å². The lowest BCUT2D eigenvalue weighted by molar-refractivity contribution is -0.0372. The summed E-state index contributed by atoms with van der Waals surface area (Å²) in [5, 5.41) is 10.8. The van der Waals surface area contributed by atoms with Crippen LogP contribution in [0.4, 0.5) is 0 Å². The van der Waals surface area contributed by atoms with Crippen molar-refractivity contribution >= 4 is 18.4 Å². The largest absolute Gasteiger partial charge is 0.412 e. The van der Waals surface area contributed by atoms with Crippen LogP contribution < -0.4 is 0 Å². The Morgan fingerprint density at radius 2 is 1.69 bits per heavy atom. The minimum Gasteiger partial charge on any atom is -0.412 e. The number of aliphatic hydroxyl groups excluding tert-OH is 1. The summed E-state index contributed by atoms with van der Waals surface area (Å²) in [7, 11) is -5.61. The number of benzene rings is 1. The molecule has 224 valence electrons. The Hall–Kier alpha value is -0.733. The molecule has 2 aliphatic rings. The van der Waals surface area contributed by atoms with Crippen LogP contribution in [0.1, 0.15) is 99.0 Å². The summed E-state index contributed by atoms with van der Waals surface area (Å²) in [6.07, 6.45) is 6.81. The van der Waals surface area contributed by atoms with Crippen LogP contribution in [0.25, 0.3) is 0 Å². The zero-order valence-corrected chi connectivity index (χ0v) is 27.8. The predicted octanol–water partition coefficient (Wildman–Crippen LogP) is 8.11. The van der Waals surface area contributed by atoms with Crippen molar-refractivity contribution in [2.75, 3.05) is 6.61 Å². The van der Waals surface area contributed by atoms with Gasteiger partial charge in [-0.05, 0) is 119 Å². The Morgan fingerprint density at radius 1 is 1.08 bits per heavy atom. The summed E-state index contributed by atoms with van der Waals surface area (Å²) < 4.78 is 39.0. The summed E-state index contributed by atoms with van der Waals surface area (Å²) in [4.78, 5) is 0.219. The minimum atomic E-state index is -3.84. The van der Waals surface area contributed by atoms with Crippen LogP contribution in [0.5, 0.6) is 0 Å². The van der Waals surface area contributed by atoms with Crippen LogP contribution >= 0.6 is 0 Å². The van der Waals surface area contributed by atoms with E-state index >= 15 is 0 Å². The summed E-state index contributed by atoms with van der Waals surface area (Å²) >= 11 is 0. The van der Waals surface area contributed by atoms with E-state index in [9.17, 15) is 13.5 Å². The molecule has 0 radical (unpaired) electrons. The van der Waals surface area contributed by atoms with Gasteiger partial charge >= 0.3 is 0 Å². The SMILES string of the molecule is CC[Si](CC)(CC)OC(C)(C)CC[C@H](COS(=O)(=O)c1ccc(C)cc1)[C@@H](C)[C@H]1CC[C@H]2[C@@H](O)CCC[C@]12C. The van der Waals surface area contributed by atoms with E-state index in [2.05, 4.69) is 48.5 Å². The summed E-state index contributed by atoms with van der Waals surface area (Å²) in [6, 6.07) is 10.2. The minimum absolute atomic E-state index is 0.0914. The van der Waals surface area contributed by atoms with Crippen LogP contribution in [-0.2, 0) is 18.7 Å². The lowest BCUT2D eigenvalue weighted by Gasteiger charge is -2.47. The fraction of sp³-hybridized carbons (Fsp3) is 0.812. The van der Waals surface area contributed by atoms with Gasteiger partial charge in [0.25, 0.3) is 10.1 Å². The second-order valence-corrected chi connectivity index (χ2v) is 19.9. The zero-order chi connectivity index (χ0) is 29.1. The van der Waals surface area contributed by atoms with Crippen LogP contribution in [-0.4, -0.2) is 40.2 Å². The molecular formula is C32H56O5SSi. The lowest BCUT2D eigenvalue weighted by atomic mass is 9.60. The molecule has 0 unspecified atom stereocenters. The molecule has 0 bridgehead atoms. The lowest BCUT2D eigenvalue weighted by Crippen LogP contribution is -2.45. The molecule has 0 aromatic heterocycles.